The van der Waals surface area contributed by atoms with Crippen molar-refractivity contribution < 1.29 is 17.9 Å². The highest BCUT2D eigenvalue weighted by molar-refractivity contribution is 7.89. The van der Waals surface area contributed by atoms with Crippen LogP contribution in [-0.4, -0.2) is 33.5 Å². The molecule has 0 aliphatic heterocycles. The van der Waals surface area contributed by atoms with Crippen LogP contribution in [0.2, 0.25) is 0 Å². The number of carbonyl (C=O) groups is 1. The Labute approximate surface area is 132 Å². The summed E-state index contributed by atoms with van der Waals surface area (Å²) in [6, 6.07) is 5.79. The largest absolute Gasteiger partial charge is 0.484 e. The van der Waals surface area contributed by atoms with Gasteiger partial charge in [0.2, 0.25) is 10.0 Å². The molecular weight excluding hydrogens is 304 g/mol. The van der Waals surface area contributed by atoms with Crippen LogP contribution in [0.4, 0.5) is 0 Å². The first kappa shape index (κ1) is 18.4. The third kappa shape index (κ3) is 6.44. The second kappa shape index (κ2) is 8.14. The molecule has 0 saturated heterocycles. The van der Waals surface area contributed by atoms with Crippen molar-refractivity contribution in [2.75, 3.05) is 13.2 Å². The van der Waals surface area contributed by atoms with E-state index in [1.54, 1.807) is 13.8 Å². The molecule has 1 rings (SSSR count). The maximum atomic E-state index is 12.0. The van der Waals surface area contributed by atoms with E-state index >= 15 is 0 Å². The predicted octanol–water partition coefficient (Wildman–Crippen LogP) is 1.52. The summed E-state index contributed by atoms with van der Waals surface area (Å²) in [7, 11) is -3.51. The summed E-state index contributed by atoms with van der Waals surface area (Å²) in [6.07, 6.45) is 0. The molecule has 2 N–H and O–H groups in total. The summed E-state index contributed by atoms with van der Waals surface area (Å²) >= 11 is 0. The molecule has 0 spiro atoms. The molecule has 0 unspecified atom stereocenters. The summed E-state index contributed by atoms with van der Waals surface area (Å²) in [4.78, 5) is 11.7. The lowest BCUT2D eigenvalue weighted by atomic mass is 10.2. The van der Waals surface area contributed by atoms with E-state index in [1.165, 1.54) is 24.3 Å². The number of hydrogen-bond donors (Lipinski definition) is 2. The van der Waals surface area contributed by atoms with Crippen LogP contribution in [0.3, 0.4) is 0 Å². The fraction of sp³-hybridized carbons (Fsp3) is 0.533. The zero-order chi connectivity index (χ0) is 16.8. The van der Waals surface area contributed by atoms with E-state index in [9.17, 15) is 13.2 Å². The molecule has 0 aromatic heterocycles. The van der Waals surface area contributed by atoms with Crippen LogP contribution in [0.1, 0.15) is 27.7 Å². The van der Waals surface area contributed by atoms with Gasteiger partial charge >= 0.3 is 0 Å². The summed E-state index contributed by atoms with van der Waals surface area (Å²) in [6.45, 7) is 8.02. The third-order valence-corrected chi connectivity index (χ3v) is 4.28. The van der Waals surface area contributed by atoms with E-state index in [4.69, 9.17) is 4.74 Å². The van der Waals surface area contributed by atoms with Crippen LogP contribution in [-0.2, 0) is 14.8 Å². The maximum Gasteiger partial charge on any atom is 0.257 e. The number of nitrogens with one attached hydrogen (secondary N) is 2. The summed E-state index contributed by atoms with van der Waals surface area (Å²) < 4.78 is 31.7. The second-order valence-corrected chi connectivity index (χ2v) is 7.45. The number of sulfonamides is 1. The lowest BCUT2D eigenvalue weighted by Crippen LogP contribution is -2.31. The molecule has 0 bridgehead atoms. The maximum absolute atomic E-state index is 12.0. The Morgan fingerprint density at radius 2 is 1.73 bits per heavy atom. The molecule has 1 amide bonds. The predicted molar refractivity (Wildman–Crippen MR) is 85.2 cm³/mol. The Morgan fingerprint density at radius 3 is 2.23 bits per heavy atom. The molecule has 0 radical (unpaired) electrons. The van der Waals surface area contributed by atoms with Crippen molar-refractivity contribution in [1.29, 1.82) is 0 Å². The standard InChI is InChI=1S/C15H24N2O4S/c1-11(2)9-16-15(18)10-21-13-5-7-14(8-6-13)22(19,20)17-12(3)4/h5-8,11-12,17H,9-10H2,1-4H3,(H,16,18). The first-order valence-corrected chi connectivity index (χ1v) is 8.71. The second-order valence-electron chi connectivity index (χ2n) is 5.73. The molecule has 0 atom stereocenters. The molecule has 124 valence electrons. The zero-order valence-electron chi connectivity index (χ0n) is 13.4. The Balaban J connectivity index is 2.57. The van der Waals surface area contributed by atoms with Gasteiger partial charge in [-0.15, -0.1) is 0 Å². The minimum atomic E-state index is -3.51. The lowest BCUT2D eigenvalue weighted by molar-refractivity contribution is -0.123. The van der Waals surface area contributed by atoms with Crippen molar-refractivity contribution in [2.24, 2.45) is 5.92 Å². The molecule has 0 saturated carbocycles. The minimum absolute atomic E-state index is 0.0942. The SMILES string of the molecule is CC(C)CNC(=O)COc1ccc(S(=O)(=O)NC(C)C)cc1. The van der Waals surface area contributed by atoms with Gasteiger partial charge in [0.05, 0.1) is 4.90 Å². The lowest BCUT2D eigenvalue weighted by Gasteiger charge is -2.11. The number of hydrogen-bond acceptors (Lipinski definition) is 4. The van der Waals surface area contributed by atoms with E-state index in [1.807, 2.05) is 13.8 Å². The molecule has 6 nitrogen and oxygen atoms in total. The number of ether oxygens (including phenoxy) is 1. The summed E-state index contributed by atoms with van der Waals surface area (Å²) in [5, 5.41) is 2.74. The Hall–Kier alpha value is -1.60. The first-order chi connectivity index (χ1) is 10.2. The van der Waals surface area contributed by atoms with Crippen molar-refractivity contribution in [3.05, 3.63) is 24.3 Å². The van der Waals surface area contributed by atoms with Gasteiger partial charge in [0.25, 0.3) is 5.91 Å². The van der Waals surface area contributed by atoms with Gasteiger partial charge in [-0.3, -0.25) is 4.79 Å². The van der Waals surface area contributed by atoms with Gasteiger partial charge in [0.15, 0.2) is 6.61 Å². The fourth-order valence-corrected chi connectivity index (χ4v) is 2.86. The molecule has 0 aliphatic rings. The topological polar surface area (TPSA) is 84.5 Å². The molecule has 7 heteroatoms. The van der Waals surface area contributed by atoms with Crippen LogP contribution in [0, 0.1) is 5.92 Å². The molecule has 22 heavy (non-hydrogen) atoms. The van der Waals surface area contributed by atoms with Crippen LogP contribution in [0.25, 0.3) is 0 Å². The summed E-state index contributed by atoms with van der Waals surface area (Å²) in [5.74, 6) is 0.622. The van der Waals surface area contributed by atoms with E-state index in [0.717, 1.165) is 0 Å². The highest BCUT2D eigenvalue weighted by atomic mass is 32.2. The summed E-state index contributed by atoms with van der Waals surface area (Å²) in [5.41, 5.74) is 0. The number of rotatable bonds is 8. The monoisotopic (exact) mass is 328 g/mol. The van der Waals surface area contributed by atoms with Gasteiger partial charge in [-0.2, -0.15) is 0 Å². The van der Waals surface area contributed by atoms with Crippen LogP contribution >= 0.6 is 0 Å². The average Bonchev–Trinajstić information content (AvgIpc) is 2.42. The van der Waals surface area contributed by atoms with E-state index in [-0.39, 0.29) is 23.5 Å². The normalized spacial score (nSPS) is 11.7. The molecule has 1 aromatic carbocycles. The first-order valence-electron chi connectivity index (χ1n) is 7.22. The van der Waals surface area contributed by atoms with Crippen LogP contribution in [0.15, 0.2) is 29.2 Å². The third-order valence-electron chi connectivity index (χ3n) is 2.60. The van der Waals surface area contributed by atoms with Gasteiger partial charge in [-0.05, 0) is 44.0 Å². The van der Waals surface area contributed by atoms with Gasteiger partial charge in [-0.1, -0.05) is 13.8 Å². The molecule has 0 aliphatic carbocycles. The average molecular weight is 328 g/mol. The Morgan fingerprint density at radius 1 is 1.14 bits per heavy atom. The quantitative estimate of drug-likeness (QED) is 0.758. The Kier molecular flexibility index (Phi) is 6.83. The van der Waals surface area contributed by atoms with Crippen LogP contribution in [0.5, 0.6) is 5.75 Å². The highest BCUT2D eigenvalue weighted by Crippen LogP contribution is 2.16. The van der Waals surface area contributed by atoms with Gasteiger partial charge in [0.1, 0.15) is 5.75 Å². The number of amides is 1. The minimum Gasteiger partial charge on any atom is -0.484 e. The van der Waals surface area contributed by atoms with Gasteiger partial charge < -0.3 is 10.1 Å². The smallest absolute Gasteiger partial charge is 0.257 e. The van der Waals surface area contributed by atoms with Crippen molar-refractivity contribution in [2.45, 2.75) is 38.6 Å². The molecule has 0 heterocycles. The number of benzene rings is 1. The van der Waals surface area contributed by atoms with Crippen LogP contribution < -0.4 is 14.8 Å². The van der Waals surface area contributed by atoms with Gasteiger partial charge in [-0.25, -0.2) is 13.1 Å². The van der Waals surface area contributed by atoms with E-state index in [2.05, 4.69) is 10.0 Å². The van der Waals surface area contributed by atoms with Gasteiger partial charge in [0, 0.05) is 12.6 Å². The number of carbonyl (C=O) groups excluding carboxylic acids is 1. The van der Waals surface area contributed by atoms with Crippen molar-refractivity contribution in [1.82, 2.24) is 10.0 Å². The molecule has 1 aromatic rings. The molecular formula is C15H24N2O4S. The Bertz CT molecular complexity index is 580. The van der Waals surface area contributed by atoms with E-state index in [0.29, 0.717) is 18.2 Å². The zero-order valence-corrected chi connectivity index (χ0v) is 14.2. The van der Waals surface area contributed by atoms with Crippen molar-refractivity contribution >= 4 is 15.9 Å². The molecule has 0 fully saturated rings. The highest BCUT2D eigenvalue weighted by Gasteiger charge is 2.15. The van der Waals surface area contributed by atoms with Crippen molar-refractivity contribution in [3.8, 4) is 5.75 Å². The van der Waals surface area contributed by atoms with Crippen molar-refractivity contribution in [3.63, 3.8) is 0 Å². The van der Waals surface area contributed by atoms with E-state index < -0.39 is 10.0 Å². The fourth-order valence-electron chi connectivity index (χ4n) is 1.61.